The Labute approximate surface area is 142 Å². The van der Waals surface area contributed by atoms with Gasteiger partial charge in [-0.1, -0.05) is 12.1 Å². The third kappa shape index (κ3) is 3.26. The second kappa shape index (κ2) is 6.57. The van der Waals surface area contributed by atoms with Crippen LogP contribution in [0.5, 0.6) is 11.5 Å². The molecule has 0 aliphatic carbocycles. The highest BCUT2D eigenvalue weighted by Crippen LogP contribution is 2.31. The van der Waals surface area contributed by atoms with Crippen LogP contribution in [0.4, 0.5) is 5.69 Å². The Kier molecular flexibility index (Phi) is 4.31. The van der Waals surface area contributed by atoms with Crippen LogP contribution < -0.4 is 10.5 Å². The fourth-order valence-electron chi connectivity index (χ4n) is 2.34. The van der Waals surface area contributed by atoms with Crippen molar-refractivity contribution in [1.82, 2.24) is 15.2 Å². The van der Waals surface area contributed by atoms with Crippen molar-refractivity contribution in [3.63, 3.8) is 0 Å². The smallest absolute Gasteiger partial charge is 0.270 e. The van der Waals surface area contributed by atoms with Gasteiger partial charge in [-0.25, -0.2) is 4.98 Å². The van der Waals surface area contributed by atoms with Crippen LogP contribution in [0.25, 0.3) is 11.4 Å². The van der Waals surface area contributed by atoms with Crippen LogP contribution in [0.2, 0.25) is 0 Å². The second-order valence-electron chi connectivity index (χ2n) is 5.26. The lowest BCUT2D eigenvalue weighted by Gasteiger charge is -2.09. The maximum atomic E-state index is 10.9. The molecule has 1 atom stereocenters. The molecule has 3 rings (SSSR count). The maximum absolute atomic E-state index is 10.9. The molecule has 9 nitrogen and oxygen atoms in total. The van der Waals surface area contributed by atoms with Gasteiger partial charge in [0, 0.05) is 12.1 Å². The molecule has 3 aromatic rings. The molecule has 0 spiro atoms. The number of rotatable bonds is 5. The third-order valence-corrected chi connectivity index (χ3v) is 3.68. The first-order chi connectivity index (χ1) is 12.0. The molecular weight excluding hydrogens is 326 g/mol. The highest BCUT2D eigenvalue weighted by atomic mass is 16.6. The van der Waals surface area contributed by atoms with Crippen LogP contribution in [0.15, 0.2) is 42.5 Å². The lowest BCUT2D eigenvalue weighted by atomic mass is 10.1. The zero-order chi connectivity index (χ0) is 18.0. The van der Waals surface area contributed by atoms with Crippen LogP contribution in [0.3, 0.4) is 0 Å². The molecule has 128 valence electrons. The SMILES string of the molecule is COc1cccc(C(N)c2nc(-c3cc([N+](=O)[O-])ccc3O)n[nH]2)c1. The minimum absolute atomic E-state index is 0.120. The van der Waals surface area contributed by atoms with E-state index in [4.69, 9.17) is 10.5 Å². The molecule has 1 heterocycles. The molecule has 0 saturated heterocycles. The Bertz CT molecular complexity index is 924. The van der Waals surface area contributed by atoms with Crippen molar-refractivity contribution in [2.75, 3.05) is 7.11 Å². The molecule has 0 aliphatic rings. The van der Waals surface area contributed by atoms with Gasteiger partial charge in [-0.05, 0) is 23.8 Å². The summed E-state index contributed by atoms with van der Waals surface area (Å²) in [4.78, 5) is 14.6. The first kappa shape index (κ1) is 16.4. The number of benzene rings is 2. The lowest BCUT2D eigenvalue weighted by molar-refractivity contribution is -0.384. The van der Waals surface area contributed by atoms with Crippen molar-refractivity contribution in [3.8, 4) is 22.9 Å². The van der Waals surface area contributed by atoms with Crippen LogP contribution in [0.1, 0.15) is 17.4 Å². The van der Waals surface area contributed by atoms with E-state index in [-0.39, 0.29) is 22.8 Å². The molecule has 9 heteroatoms. The number of hydrogen-bond donors (Lipinski definition) is 3. The van der Waals surface area contributed by atoms with E-state index in [2.05, 4.69) is 15.2 Å². The molecule has 1 unspecified atom stereocenters. The topological polar surface area (TPSA) is 140 Å². The Morgan fingerprint density at radius 2 is 2.12 bits per heavy atom. The van der Waals surface area contributed by atoms with Crippen molar-refractivity contribution in [2.24, 2.45) is 5.73 Å². The molecule has 0 fully saturated rings. The molecule has 4 N–H and O–H groups in total. The number of phenols is 1. The number of aromatic nitrogens is 3. The van der Waals surface area contributed by atoms with Gasteiger partial charge >= 0.3 is 0 Å². The Morgan fingerprint density at radius 1 is 1.32 bits per heavy atom. The van der Waals surface area contributed by atoms with E-state index in [1.165, 1.54) is 18.2 Å². The van der Waals surface area contributed by atoms with Gasteiger partial charge in [-0.3, -0.25) is 15.2 Å². The first-order valence-electron chi connectivity index (χ1n) is 7.29. The first-order valence-corrected chi connectivity index (χ1v) is 7.29. The Hall–Kier alpha value is -3.46. The van der Waals surface area contributed by atoms with Gasteiger partial charge in [0.15, 0.2) is 5.82 Å². The van der Waals surface area contributed by atoms with Crippen molar-refractivity contribution in [1.29, 1.82) is 0 Å². The van der Waals surface area contributed by atoms with Gasteiger partial charge in [0.05, 0.1) is 23.6 Å². The summed E-state index contributed by atoms with van der Waals surface area (Å²) in [7, 11) is 1.56. The van der Waals surface area contributed by atoms with E-state index in [1.54, 1.807) is 25.3 Å². The number of hydrogen-bond acceptors (Lipinski definition) is 7. The fraction of sp³-hybridized carbons (Fsp3) is 0.125. The number of aromatic amines is 1. The summed E-state index contributed by atoms with van der Waals surface area (Å²) in [6.45, 7) is 0. The number of nitro groups is 1. The summed E-state index contributed by atoms with van der Waals surface area (Å²) in [5.41, 5.74) is 6.92. The average Bonchev–Trinajstić information content (AvgIpc) is 3.11. The number of methoxy groups -OCH3 is 1. The Balaban J connectivity index is 1.94. The summed E-state index contributed by atoms with van der Waals surface area (Å²) in [5, 5.41) is 27.6. The minimum atomic E-state index is -0.600. The monoisotopic (exact) mass is 341 g/mol. The van der Waals surface area contributed by atoms with Crippen LogP contribution in [-0.4, -0.2) is 32.3 Å². The minimum Gasteiger partial charge on any atom is -0.507 e. The van der Waals surface area contributed by atoms with Crippen LogP contribution in [-0.2, 0) is 0 Å². The van der Waals surface area contributed by atoms with Crippen molar-refractivity contribution >= 4 is 5.69 Å². The molecule has 25 heavy (non-hydrogen) atoms. The van der Waals surface area contributed by atoms with E-state index in [1.807, 2.05) is 6.07 Å². The number of nitrogens with one attached hydrogen (secondary N) is 1. The lowest BCUT2D eigenvalue weighted by Crippen LogP contribution is -2.13. The van der Waals surface area contributed by atoms with Gasteiger partial charge in [-0.2, -0.15) is 5.10 Å². The quantitative estimate of drug-likeness (QED) is 0.477. The molecule has 0 aliphatic heterocycles. The van der Waals surface area contributed by atoms with Gasteiger partial charge in [0.25, 0.3) is 5.69 Å². The zero-order valence-electron chi connectivity index (χ0n) is 13.2. The number of aromatic hydroxyl groups is 1. The number of nitrogens with two attached hydrogens (primary N) is 1. The van der Waals surface area contributed by atoms with E-state index in [9.17, 15) is 15.2 Å². The fourth-order valence-corrected chi connectivity index (χ4v) is 2.34. The highest BCUT2D eigenvalue weighted by Gasteiger charge is 2.19. The predicted octanol–water partition coefficient (Wildman–Crippen LogP) is 2.14. The van der Waals surface area contributed by atoms with Gasteiger partial charge in [-0.15, -0.1) is 0 Å². The summed E-state index contributed by atoms with van der Waals surface area (Å²) in [6, 6.07) is 10.2. The van der Waals surface area contributed by atoms with Crippen LogP contribution in [0, 0.1) is 10.1 Å². The van der Waals surface area contributed by atoms with Crippen molar-refractivity contribution in [3.05, 3.63) is 64.0 Å². The molecule has 0 saturated carbocycles. The van der Waals surface area contributed by atoms with Crippen LogP contribution >= 0.6 is 0 Å². The summed E-state index contributed by atoms with van der Waals surface area (Å²) in [6.07, 6.45) is 0. The van der Waals surface area contributed by atoms with Crippen molar-refractivity contribution < 1.29 is 14.8 Å². The molecule has 0 bridgehead atoms. The molecular formula is C16H15N5O4. The van der Waals surface area contributed by atoms with Gasteiger partial charge < -0.3 is 15.6 Å². The normalized spacial score (nSPS) is 11.9. The molecule has 0 amide bonds. The molecule has 2 aromatic carbocycles. The number of nitro benzene ring substituents is 1. The van der Waals surface area contributed by atoms with Gasteiger partial charge in [0.2, 0.25) is 0 Å². The number of ether oxygens (including phenoxy) is 1. The van der Waals surface area contributed by atoms with Gasteiger partial charge in [0.1, 0.15) is 17.3 Å². The predicted molar refractivity (Wildman–Crippen MR) is 89.2 cm³/mol. The summed E-state index contributed by atoms with van der Waals surface area (Å²) in [5.74, 6) is 0.971. The van der Waals surface area contributed by atoms with E-state index in [0.29, 0.717) is 11.6 Å². The summed E-state index contributed by atoms with van der Waals surface area (Å²) >= 11 is 0. The maximum Gasteiger partial charge on any atom is 0.270 e. The Morgan fingerprint density at radius 3 is 2.84 bits per heavy atom. The summed E-state index contributed by atoms with van der Waals surface area (Å²) < 4.78 is 5.17. The second-order valence-corrected chi connectivity index (χ2v) is 5.26. The van der Waals surface area contributed by atoms with E-state index in [0.717, 1.165) is 5.56 Å². The number of H-pyrrole nitrogens is 1. The largest absolute Gasteiger partial charge is 0.507 e. The van der Waals surface area contributed by atoms with E-state index >= 15 is 0 Å². The molecule has 1 aromatic heterocycles. The zero-order valence-corrected chi connectivity index (χ0v) is 13.2. The van der Waals surface area contributed by atoms with Crippen molar-refractivity contribution in [2.45, 2.75) is 6.04 Å². The average molecular weight is 341 g/mol. The number of phenolic OH excluding ortho intramolecular Hbond substituents is 1. The molecule has 0 radical (unpaired) electrons. The van der Waals surface area contributed by atoms with E-state index < -0.39 is 11.0 Å². The standard InChI is InChI=1S/C16H15N5O4/c1-25-11-4-2-3-9(7-11)14(17)16-18-15(19-20-16)12-8-10(21(23)24)5-6-13(12)22/h2-8,14,22H,17H2,1H3,(H,18,19,20). The highest BCUT2D eigenvalue weighted by molar-refractivity contribution is 5.66. The third-order valence-electron chi connectivity index (χ3n) is 3.68. The number of non-ortho nitro benzene ring substituents is 1. The number of nitrogens with zero attached hydrogens (tertiary/aromatic N) is 3.